The van der Waals surface area contributed by atoms with Crippen LogP contribution in [0.15, 0.2) is 71.2 Å². The van der Waals surface area contributed by atoms with Crippen molar-refractivity contribution in [3.63, 3.8) is 0 Å². The molecule has 1 heterocycles. The summed E-state index contributed by atoms with van der Waals surface area (Å²) in [4.78, 5) is 27.1. The average molecular weight is 493 g/mol. The van der Waals surface area contributed by atoms with Gasteiger partial charge in [-0.05, 0) is 84.5 Å². The number of carbonyl (C=O) groups excluding carboxylic acids is 2. The van der Waals surface area contributed by atoms with Gasteiger partial charge in [0.05, 0.1) is 5.75 Å². The van der Waals surface area contributed by atoms with Crippen molar-refractivity contribution in [1.82, 2.24) is 0 Å². The molecule has 0 spiro atoms. The number of amides is 2. The number of hydrogen-bond donors (Lipinski definition) is 1. The standard InChI is InChI=1S/C25H21BrN2O2S/c26-20-9-4-17(5-10-20)24(30)27-21-11-6-18(7-12-21)25-28(23(29)15-31-25)22-13-8-16-2-1-3-19(16)14-22/h4-14,25H,1-3,15H2,(H,27,30). The van der Waals surface area contributed by atoms with Crippen LogP contribution < -0.4 is 10.2 Å². The molecule has 2 aliphatic rings. The topological polar surface area (TPSA) is 49.4 Å². The Morgan fingerprint density at radius 1 is 0.968 bits per heavy atom. The molecule has 1 atom stereocenters. The Balaban J connectivity index is 1.34. The van der Waals surface area contributed by atoms with Crippen molar-refractivity contribution in [3.05, 3.63) is 93.5 Å². The minimum Gasteiger partial charge on any atom is -0.322 e. The van der Waals surface area contributed by atoms with Gasteiger partial charge < -0.3 is 5.32 Å². The van der Waals surface area contributed by atoms with E-state index >= 15 is 0 Å². The predicted molar refractivity (Wildman–Crippen MR) is 130 cm³/mol. The minimum absolute atomic E-state index is 0.0526. The molecule has 156 valence electrons. The smallest absolute Gasteiger partial charge is 0.255 e. The van der Waals surface area contributed by atoms with Crippen LogP contribution in [-0.2, 0) is 17.6 Å². The summed E-state index contributed by atoms with van der Waals surface area (Å²) in [6.07, 6.45) is 3.42. The summed E-state index contributed by atoms with van der Waals surface area (Å²) in [7, 11) is 0. The van der Waals surface area contributed by atoms with Gasteiger partial charge in [0.25, 0.3) is 5.91 Å². The summed E-state index contributed by atoms with van der Waals surface area (Å²) in [6, 6.07) is 21.5. The van der Waals surface area contributed by atoms with E-state index in [9.17, 15) is 9.59 Å². The monoisotopic (exact) mass is 492 g/mol. The van der Waals surface area contributed by atoms with Crippen LogP contribution in [0.3, 0.4) is 0 Å². The molecule has 31 heavy (non-hydrogen) atoms. The van der Waals surface area contributed by atoms with E-state index in [0.717, 1.165) is 34.3 Å². The molecule has 6 heteroatoms. The van der Waals surface area contributed by atoms with Crippen LogP contribution in [0.2, 0.25) is 0 Å². The van der Waals surface area contributed by atoms with Crippen molar-refractivity contribution < 1.29 is 9.59 Å². The minimum atomic E-state index is -0.148. The number of nitrogens with one attached hydrogen (secondary N) is 1. The van der Waals surface area contributed by atoms with E-state index in [0.29, 0.717) is 11.3 Å². The molecule has 0 aromatic heterocycles. The van der Waals surface area contributed by atoms with E-state index < -0.39 is 0 Å². The molecule has 0 saturated carbocycles. The van der Waals surface area contributed by atoms with Crippen LogP contribution in [-0.4, -0.2) is 17.6 Å². The second-order valence-corrected chi connectivity index (χ2v) is 9.80. The zero-order valence-electron chi connectivity index (χ0n) is 16.8. The van der Waals surface area contributed by atoms with Gasteiger partial charge >= 0.3 is 0 Å². The molecule has 0 bridgehead atoms. The van der Waals surface area contributed by atoms with E-state index in [1.807, 2.05) is 41.3 Å². The fourth-order valence-electron chi connectivity index (χ4n) is 4.19. The van der Waals surface area contributed by atoms with E-state index in [1.165, 1.54) is 17.5 Å². The maximum Gasteiger partial charge on any atom is 0.255 e. The van der Waals surface area contributed by atoms with Crippen LogP contribution in [0.5, 0.6) is 0 Å². The summed E-state index contributed by atoms with van der Waals surface area (Å²) in [5.41, 5.74) is 6.14. The van der Waals surface area contributed by atoms with Gasteiger partial charge in [0, 0.05) is 21.4 Å². The number of benzene rings is 3. The van der Waals surface area contributed by atoms with Crippen molar-refractivity contribution in [2.45, 2.75) is 24.6 Å². The van der Waals surface area contributed by atoms with Crippen LogP contribution in [0, 0.1) is 0 Å². The molecule has 1 unspecified atom stereocenters. The Hall–Kier alpha value is -2.57. The summed E-state index contributed by atoms with van der Waals surface area (Å²) in [5, 5.41) is 2.88. The number of hydrogen-bond acceptors (Lipinski definition) is 3. The first-order valence-corrected chi connectivity index (χ1v) is 12.1. The Bertz CT molecular complexity index is 1150. The molecular weight excluding hydrogens is 472 g/mol. The Labute approximate surface area is 194 Å². The third-order valence-electron chi connectivity index (χ3n) is 5.79. The first-order valence-electron chi connectivity index (χ1n) is 10.3. The zero-order valence-corrected chi connectivity index (χ0v) is 19.2. The highest BCUT2D eigenvalue weighted by Crippen LogP contribution is 2.43. The molecule has 2 amide bonds. The molecule has 4 nitrogen and oxygen atoms in total. The lowest BCUT2D eigenvalue weighted by molar-refractivity contribution is -0.115. The maximum atomic E-state index is 12.7. The van der Waals surface area contributed by atoms with E-state index in [2.05, 4.69) is 39.4 Å². The molecule has 1 saturated heterocycles. The highest BCUT2D eigenvalue weighted by Gasteiger charge is 2.34. The van der Waals surface area contributed by atoms with Crippen molar-refractivity contribution in [1.29, 1.82) is 0 Å². The van der Waals surface area contributed by atoms with Crippen molar-refractivity contribution >= 4 is 50.9 Å². The molecule has 0 radical (unpaired) electrons. The first-order chi connectivity index (χ1) is 15.1. The van der Waals surface area contributed by atoms with Crippen molar-refractivity contribution in [2.24, 2.45) is 0 Å². The highest BCUT2D eigenvalue weighted by atomic mass is 79.9. The predicted octanol–water partition coefficient (Wildman–Crippen LogP) is 5.97. The molecular formula is C25H21BrN2O2S. The number of anilines is 2. The lowest BCUT2D eigenvalue weighted by Crippen LogP contribution is -2.27. The number of nitrogens with zero attached hydrogens (tertiary/aromatic N) is 1. The van der Waals surface area contributed by atoms with Crippen LogP contribution >= 0.6 is 27.7 Å². The fraction of sp³-hybridized carbons (Fsp3) is 0.200. The van der Waals surface area contributed by atoms with E-state index in [1.54, 1.807) is 23.9 Å². The molecule has 1 aliphatic carbocycles. The Kier molecular flexibility index (Phi) is 5.59. The lowest BCUT2D eigenvalue weighted by atomic mass is 10.1. The molecule has 1 N–H and O–H groups in total. The first kappa shape index (κ1) is 20.3. The second-order valence-electron chi connectivity index (χ2n) is 7.82. The number of thioether (sulfide) groups is 1. The zero-order chi connectivity index (χ0) is 21.4. The number of rotatable bonds is 4. The van der Waals surface area contributed by atoms with Crippen LogP contribution in [0.1, 0.15) is 38.8 Å². The quantitative estimate of drug-likeness (QED) is 0.488. The third-order valence-corrected chi connectivity index (χ3v) is 7.53. The van der Waals surface area contributed by atoms with Gasteiger partial charge in [-0.15, -0.1) is 11.8 Å². The maximum absolute atomic E-state index is 12.7. The van der Waals surface area contributed by atoms with Crippen molar-refractivity contribution in [2.75, 3.05) is 16.0 Å². The van der Waals surface area contributed by atoms with Gasteiger partial charge in [-0.2, -0.15) is 0 Å². The van der Waals surface area contributed by atoms with Gasteiger partial charge in [0.1, 0.15) is 5.37 Å². The van der Waals surface area contributed by atoms with Gasteiger partial charge in [0.2, 0.25) is 5.91 Å². The molecule has 3 aromatic rings. The fourth-order valence-corrected chi connectivity index (χ4v) is 5.64. The molecule has 1 aliphatic heterocycles. The number of fused-ring (bicyclic) bond motifs is 1. The van der Waals surface area contributed by atoms with Crippen molar-refractivity contribution in [3.8, 4) is 0 Å². The average Bonchev–Trinajstić information content (AvgIpc) is 3.40. The van der Waals surface area contributed by atoms with Gasteiger partial charge in [-0.1, -0.05) is 34.1 Å². The van der Waals surface area contributed by atoms with Crippen LogP contribution in [0.25, 0.3) is 0 Å². The van der Waals surface area contributed by atoms with E-state index in [4.69, 9.17) is 0 Å². The largest absolute Gasteiger partial charge is 0.322 e. The summed E-state index contributed by atoms with van der Waals surface area (Å²) < 4.78 is 0.935. The normalized spacial score (nSPS) is 17.6. The summed E-state index contributed by atoms with van der Waals surface area (Å²) in [5.74, 6) is 0.468. The lowest BCUT2D eigenvalue weighted by Gasteiger charge is -2.25. The molecule has 5 rings (SSSR count). The second kappa shape index (κ2) is 8.52. The van der Waals surface area contributed by atoms with Gasteiger partial charge in [-0.25, -0.2) is 0 Å². The number of halogens is 1. The van der Waals surface area contributed by atoms with Gasteiger partial charge in [-0.3, -0.25) is 14.5 Å². The summed E-state index contributed by atoms with van der Waals surface area (Å²) in [6.45, 7) is 0. The van der Waals surface area contributed by atoms with E-state index in [-0.39, 0.29) is 17.2 Å². The molecule has 3 aromatic carbocycles. The highest BCUT2D eigenvalue weighted by molar-refractivity contribution is 9.10. The van der Waals surface area contributed by atoms with Gasteiger partial charge in [0.15, 0.2) is 0 Å². The summed E-state index contributed by atoms with van der Waals surface area (Å²) >= 11 is 5.02. The third kappa shape index (κ3) is 4.14. The SMILES string of the molecule is O=C(Nc1ccc(C2SCC(=O)N2c2ccc3c(c2)CCC3)cc1)c1ccc(Br)cc1. The van der Waals surface area contributed by atoms with Crippen LogP contribution in [0.4, 0.5) is 11.4 Å². The Morgan fingerprint density at radius 3 is 2.48 bits per heavy atom. The number of carbonyl (C=O) groups is 2. The number of aryl methyl sites for hydroxylation is 2. The molecule has 1 fully saturated rings. The Morgan fingerprint density at radius 2 is 1.71 bits per heavy atom.